The lowest BCUT2D eigenvalue weighted by atomic mass is 10.6. The second-order valence-corrected chi connectivity index (χ2v) is 2.15. The van der Waals surface area contributed by atoms with Gasteiger partial charge in [-0.05, 0) is 0 Å². The molecule has 0 aromatic carbocycles. The van der Waals surface area contributed by atoms with Gasteiger partial charge in [-0.1, -0.05) is 0 Å². The zero-order chi connectivity index (χ0) is 8.85. The predicted molar refractivity (Wildman–Crippen MR) is 41.4 cm³/mol. The molecule has 0 saturated heterocycles. The molecule has 0 aromatic rings. The summed E-state index contributed by atoms with van der Waals surface area (Å²) >= 11 is 0. The fourth-order valence-electron chi connectivity index (χ4n) is 0.371. The fraction of sp³-hybridized carbons (Fsp3) is 0.429. The number of hydrogen-bond acceptors (Lipinski definition) is 2. The highest BCUT2D eigenvalue weighted by atomic mass is 16.2. The van der Waals surface area contributed by atoms with Crippen LogP contribution in [0.5, 0.6) is 0 Å². The van der Waals surface area contributed by atoms with E-state index in [-0.39, 0.29) is 11.8 Å². The smallest absolute Gasteiger partial charge is 0.223 e. The van der Waals surface area contributed by atoms with Crippen LogP contribution in [0.3, 0.4) is 0 Å². The Kier molecular flexibility index (Phi) is 3.95. The summed E-state index contributed by atoms with van der Waals surface area (Å²) in [6.45, 7) is 2.84. The van der Waals surface area contributed by atoms with Crippen LogP contribution in [0.4, 0.5) is 0 Å². The molecule has 62 valence electrons. The van der Waals surface area contributed by atoms with Crippen LogP contribution in [0.15, 0.2) is 12.4 Å². The summed E-state index contributed by atoms with van der Waals surface area (Å²) in [5, 5.41) is 2.42. The van der Waals surface area contributed by atoms with Gasteiger partial charge in [-0.2, -0.15) is 0 Å². The molecule has 0 unspecified atom stereocenters. The summed E-state index contributed by atoms with van der Waals surface area (Å²) < 4.78 is 0. The van der Waals surface area contributed by atoms with Crippen molar-refractivity contribution in [3.63, 3.8) is 0 Å². The van der Waals surface area contributed by atoms with Crippen molar-refractivity contribution in [3.8, 4) is 0 Å². The Morgan fingerprint density at radius 3 is 2.27 bits per heavy atom. The SMILES string of the molecule is CC(=O)N/C=C/N(C)C(C)=O. The lowest BCUT2D eigenvalue weighted by molar-refractivity contribution is -0.125. The van der Waals surface area contributed by atoms with Gasteiger partial charge in [0.25, 0.3) is 0 Å². The summed E-state index contributed by atoms with van der Waals surface area (Å²) in [4.78, 5) is 22.3. The van der Waals surface area contributed by atoms with Gasteiger partial charge >= 0.3 is 0 Å². The molecule has 0 aromatic heterocycles. The van der Waals surface area contributed by atoms with Gasteiger partial charge in [0.1, 0.15) is 0 Å². The maximum absolute atomic E-state index is 10.6. The molecule has 1 N–H and O–H groups in total. The van der Waals surface area contributed by atoms with E-state index < -0.39 is 0 Å². The van der Waals surface area contributed by atoms with Crippen LogP contribution in [-0.4, -0.2) is 23.8 Å². The molecule has 0 rings (SSSR count). The summed E-state index contributed by atoms with van der Waals surface area (Å²) in [5.74, 6) is -0.232. The summed E-state index contributed by atoms with van der Waals surface area (Å²) in [6, 6.07) is 0. The number of amides is 2. The van der Waals surface area contributed by atoms with E-state index >= 15 is 0 Å². The molecule has 0 bridgehead atoms. The lowest BCUT2D eigenvalue weighted by Crippen LogP contribution is -2.19. The van der Waals surface area contributed by atoms with E-state index in [2.05, 4.69) is 5.32 Å². The van der Waals surface area contributed by atoms with E-state index in [9.17, 15) is 9.59 Å². The quantitative estimate of drug-likeness (QED) is 0.615. The Morgan fingerprint density at radius 1 is 1.36 bits per heavy atom. The van der Waals surface area contributed by atoms with Crippen LogP contribution in [-0.2, 0) is 9.59 Å². The van der Waals surface area contributed by atoms with Crippen molar-refractivity contribution in [2.24, 2.45) is 0 Å². The van der Waals surface area contributed by atoms with E-state index in [0.717, 1.165) is 0 Å². The molecule has 0 fully saturated rings. The van der Waals surface area contributed by atoms with E-state index in [4.69, 9.17) is 0 Å². The average molecular weight is 156 g/mol. The van der Waals surface area contributed by atoms with Crippen molar-refractivity contribution < 1.29 is 9.59 Å². The van der Waals surface area contributed by atoms with Crippen molar-refractivity contribution in [3.05, 3.63) is 12.4 Å². The van der Waals surface area contributed by atoms with Crippen LogP contribution < -0.4 is 5.32 Å². The third-order valence-corrected chi connectivity index (χ3v) is 1.08. The summed E-state index contributed by atoms with van der Waals surface area (Å²) in [5.41, 5.74) is 0. The fourth-order valence-corrected chi connectivity index (χ4v) is 0.371. The van der Waals surface area contributed by atoms with Gasteiger partial charge in [0.2, 0.25) is 11.8 Å². The van der Waals surface area contributed by atoms with Gasteiger partial charge < -0.3 is 10.2 Å². The van der Waals surface area contributed by atoms with E-state index in [1.807, 2.05) is 0 Å². The second kappa shape index (κ2) is 4.49. The Balaban J connectivity index is 3.74. The molecule has 0 radical (unpaired) electrons. The Morgan fingerprint density at radius 2 is 1.91 bits per heavy atom. The maximum atomic E-state index is 10.6. The molecule has 0 saturated carbocycles. The minimum atomic E-state index is -0.154. The summed E-state index contributed by atoms with van der Waals surface area (Å²) in [7, 11) is 1.61. The highest BCUT2D eigenvalue weighted by Crippen LogP contribution is 1.82. The van der Waals surface area contributed by atoms with E-state index in [1.54, 1.807) is 7.05 Å². The maximum Gasteiger partial charge on any atom is 0.223 e. The zero-order valence-corrected chi connectivity index (χ0v) is 6.92. The highest BCUT2D eigenvalue weighted by Gasteiger charge is 1.94. The Labute approximate surface area is 65.9 Å². The Hall–Kier alpha value is -1.32. The molecule has 4 nitrogen and oxygen atoms in total. The monoisotopic (exact) mass is 156 g/mol. The predicted octanol–water partition coefficient (Wildman–Crippen LogP) is 0.0720. The minimum Gasteiger partial charge on any atom is -0.331 e. The number of hydrogen-bond donors (Lipinski definition) is 1. The third kappa shape index (κ3) is 5.14. The van der Waals surface area contributed by atoms with Gasteiger partial charge in [0.15, 0.2) is 0 Å². The largest absolute Gasteiger partial charge is 0.331 e. The van der Waals surface area contributed by atoms with Crippen molar-refractivity contribution in [2.75, 3.05) is 7.05 Å². The summed E-state index contributed by atoms with van der Waals surface area (Å²) in [6.07, 6.45) is 2.91. The first-order chi connectivity index (χ1) is 5.04. The van der Waals surface area contributed by atoms with Gasteiger partial charge in [-0.3, -0.25) is 9.59 Å². The van der Waals surface area contributed by atoms with E-state index in [1.165, 1.54) is 31.1 Å². The molecule has 0 aliphatic rings. The first-order valence-electron chi connectivity index (χ1n) is 3.21. The van der Waals surface area contributed by atoms with Crippen molar-refractivity contribution in [2.45, 2.75) is 13.8 Å². The van der Waals surface area contributed by atoms with Gasteiger partial charge in [-0.25, -0.2) is 0 Å². The molecular weight excluding hydrogens is 144 g/mol. The second-order valence-electron chi connectivity index (χ2n) is 2.15. The molecule has 0 aliphatic carbocycles. The van der Waals surface area contributed by atoms with Gasteiger partial charge in [0, 0.05) is 33.3 Å². The molecule has 11 heavy (non-hydrogen) atoms. The van der Waals surface area contributed by atoms with Crippen molar-refractivity contribution in [1.29, 1.82) is 0 Å². The van der Waals surface area contributed by atoms with Crippen LogP contribution in [0, 0.1) is 0 Å². The average Bonchev–Trinajstić information content (AvgIpc) is 1.86. The Bertz CT molecular complexity index is 187. The van der Waals surface area contributed by atoms with Gasteiger partial charge in [-0.15, -0.1) is 0 Å². The molecule has 0 heterocycles. The highest BCUT2D eigenvalue weighted by molar-refractivity contribution is 5.75. The first kappa shape index (κ1) is 9.68. The molecular formula is C7H12N2O2. The zero-order valence-electron chi connectivity index (χ0n) is 6.92. The van der Waals surface area contributed by atoms with Crippen molar-refractivity contribution >= 4 is 11.8 Å². The number of rotatable bonds is 2. The van der Waals surface area contributed by atoms with Crippen LogP contribution in [0.2, 0.25) is 0 Å². The van der Waals surface area contributed by atoms with Crippen LogP contribution >= 0.6 is 0 Å². The first-order valence-corrected chi connectivity index (χ1v) is 3.21. The van der Waals surface area contributed by atoms with Crippen LogP contribution in [0.25, 0.3) is 0 Å². The normalized spacial score (nSPS) is 9.73. The minimum absolute atomic E-state index is 0.0772. The topological polar surface area (TPSA) is 49.4 Å². The third-order valence-electron chi connectivity index (χ3n) is 1.08. The molecule has 0 spiro atoms. The number of nitrogens with one attached hydrogen (secondary N) is 1. The molecule has 0 aliphatic heterocycles. The number of carbonyl (C=O) groups is 2. The molecule has 4 heteroatoms. The number of nitrogens with zero attached hydrogens (tertiary/aromatic N) is 1. The number of carbonyl (C=O) groups excluding carboxylic acids is 2. The molecule has 0 atom stereocenters. The van der Waals surface area contributed by atoms with E-state index in [0.29, 0.717) is 0 Å². The van der Waals surface area contributed by atoms with Gasteiger partial charge in [0.05, 0.1) is 0 Å². The standard InChI is InChI=1S/C7H12N2O2/c1-6(10)8-4-5-9(3)7(2)11/h4-5H,1-3H3,(H,8,10)/b5-4+. The van der Waals surface area contributed by atoms with Crippen molar-refractivity contribution in [1.82, 2.24) is 10.2 Å². The van der Waals surface area contributed by atoms with Crippen LogP contribution in [0.1, 0.15) is 13.8 Å². The molecule has 2 amide bonds. The lowest BCUT2D eigenvalue weighted by Gasteiger charge is -2.06.